The first-order valence-corrected chi connectivity index (χ1v) is 11.8. The molecule has 0 atom stereocenters. The highest BCUT2D eigenvalue weighted by atomic mass is 32.2. The lowest BCUT2D eigenvalue weighted by Crippen LogP contribution is -2.50. The van der Waals surface area contributed by atoms with Gasteiger partial charge in [0.15, 0.2) is 0 Å². The van der Waals surface area contributed by atoms with Gasteiger partial charge >= 0.3 is 10.1 Å². The first-order valence-electron chi connectivity index (χ1n) is 10.0. The number of anilines is 1. The molecule has 2 aromatic carbocycles. The van der Waals surface area contributed by atoms with Gasteiger partial charge in [0.2, 0.25) is 5.91 Å². The minimum atomic E-state index is -3.60. The van der Waals surface area contributed by atoms with Gasteiger partial charge < -0.3 is 14.0 Å². The summed E-state index contributed by atoms with van der Waals surface area (Å²) in [6.45, 7) is 1.13. The molecule has 1 fully saturated rings. The molecule has 4 rings (SSSR count). The quantitative estimate of drug-likeness (QED) is 0.699. The molecule has 2 aromatic rings. The molecule has 0 radical (unpaired) electrons. The van der Waals surface area contributed by atoms with Crippen LogP contribution in [0.1, 0.15) is 35.2 Å². The molecule has 2 amide bonds. The van der Waals surface area contributed by atoms with E-state index >= 15 is 0 Å². The maximum absolute atomic E-state index is 12.8. The van der Waals surface area contributed by atoms with Crippen LogP contribution in [0.5, 0.6) is 5.75 Å². The Labute approximate surface area is 176 Å². The van der Waals surface area contributed by atoms with Crippen molar-refractivity contribution >= 4 is 27.6 Å². The number of fused-ring (bicyclic) bond motifs is 1. The van der Waals surface area contributed by atoms with Crippen molar-refractivity contribution in [3.8, 4) is 5.75 Å². The molecule has 2 heterocycles. The lowest BCUT2D eigenvalue weighted by molar-refractivity contribution is -0.119. The van der Waals surface area contributed by atoms with Crippen molar-refractivity contribution in [2.45, 2.75) is 31.7 Å². The third-order valence-electron chi connectivity index (χ3n) is 5.59. The maximum atomic E-state index is 12.8. The van der Waals surface area contributed by atoms with Gasteiger partial charge in [-0.15, -0.1) is 0 Å². The molecule has 0 N–H and O–H groups in total. The van der Waals surface area contributed by atoms with Crippen LogP contribution in [-0.4, -0.2) is 50.5 Å². The number of aryl methyl sites for hydroxylation is 1. The van der Waals surface area contributed by atoms with E-state index in [0.29, 0.717) is 25.1 Å². The van der Waals surface area contributed by atoms with E-state index in [9.17, 15) is 18.0 Å². The molecule has 158 valence electrons. The molecule has 0 spiro atoms. The number of carbonyl (C=O) groups excluding carboxylic acids is 2. The molecular formula is C22H24N2O5S. The third-order valence-corrected chi connectivity index (χ3v) is 6.09. The second-order valence-corrected chi connectivity index (χ2v) is 9.30. The summed E-state index contributed by atoms with van der Waals surface area (Å²) in [6, 6.07) is 14.2. The van der Waals surface area contributed by atoms with Gasteiger partial charge in [0.25, 0.3) is 5.91 Å². The van der Waals surface area contributed by atoms with Gasteiger partial charge in [-0.3, -0.25) is 9.59 Å². The molecule has 2 aliphatic heterocycles. The molecule has 7 nitrogen and oxygen atoms in total. The lowest BCUT2D eigenvalue weighted by Gasteiger charge is -2.41. The number of nitrogens with zero attached hydrogens (tertiary/aromatic N) is 2. The Bertz CT molecular complexity index is 1060. The van der Waals surface area contributed by atoms with Crippen molar-refractivity contribution in [1.29, 1.82) is 0 Å². The highest BCUT2D eigenvalue weighted by Crippen LogP contribution is 2.32. The topological polar surface area (TPSA) is 84.0 Å². The van der Waals surface area contributed by atoms with E-state index < -0.39 is 10.1 Å². The number of carbonyl (C=O) groups is 2. The molecule has 0 unspecified atom stereocenters. The van der Waals surface area contributed by atoms with Crippen LogP contribution < -0.4 is 9.08 Å². The maximum Gasteiger partial charge on any atom is 0.306 e. The number of amides is 2. The van der Waals surface area contributed by atoms with Crippen LogP contribution in [0.2, 0.25) is 0 Å². The van der Waals surface area contributed by atoms with Crippen molar-refractivity contribution in [2.75, 3.05) is 24.2 Å². The predicted octanol–water partition coefficient (Wildman–Crippen LogP) is 2.61. The van der Waals surface area contributed by atoms with Crippen molar-refractivity contribution in [3.63, 3.8) is 0 Å². The Morgan fingerprint density at radius 2 is 1.67 bits per heavy atom. The zero-order valence-electron chi connectivity index (χ0n) is 16.8. The van der Waals surface area contributed by atoms with Crippen molar-refractivity contribution in [1.82, 2.24) is 4.90 Å². The van der Waals surface area contributed by atoms with Gasteiger partial charge in [0.1, 0.15) is 5.75 Å². The monoisotopic (exact) mass is 428 g/mol. The summed E-state index contributed by atoms with van der Waals surface area (Å²) in [5, 5.41) is 0. The summed E-state index contributed by atoms with van der Waals surface area (Å²) in [5.74, 6) is 0.222. The number of likely N-dealkylation sites (tertiary alicyclic amines) is 1. The van der Waals surface area contributed by atoms with E-state index in [1.165, 1.54) is 17.7 Å². The number of para-hydroxylation sites is 1. The number of piperidine rings is 1. The highest BCUT2D eigenvalue weighted by Gasteiger charge is 2.33. The first kappa shape index (κ1) is 20.4. The van der Waals surface area contributed by atoms with Crippen molar-refractivity contribution in [2.24, 2.45) is 0 Å². The van der Waals surface area contributed by atoms with Gasteiger partial charge in [-0.1, -0.05) is 18.2 Å². The second kappa shape index (κ2) is 8.10. The van der Waals surface area contributed by atoms with Crippen LogP contribution in [-0.2, 0) is 21.3 Å². The minimum absolute atomic E-state index is 0.0912. The Balaban J connectivity index is 1.41. The number of benzene rings is 2. The predicted molar refractivity (Wildman–Crippen MR) is 113 cm³/mol. The molecule has 2 aliphatic rings. The van der Waals surface area contributed by atoms with Crippen LogP contribution in [0, 0.1) is 0 Å². The Morgan fingerprint density at radius 1 is 1.00 bits per heavy atom. The first-order chi connectivity index (χ1) is 14.3. The molecule has 0 saturated carbocycles. The second-order valence-electron chi connectivity index (χ2n) is 7.73. The lowest BCUT2D eigenvalue weighted by atomic mass is 9.95. The molecular weight excluding hydrogens is 404 g/mol. The Hall–Kier alpha value is -2.87. The SMILES string of the molecule is CS(=O)(=O)Oc1ccc(C(=O)N2CCC(N3C(=O)CCc4ccccc43)CC2)cc1. The van der Waals surface area contributed by atoms with Gasteiger partial charge in [-0.2, -0.15) is 8.42 Å². The van der Waals surface area contributed by atoms with Crippen LogP contribution in [0.3, 0.4) is 0 Å². The van der Waals surface area contributed by atoms with E-state index in [-0.39, 0.29) is 23.6 Å². The minimum Gasteiger partial charge on any atom is -0.383 e. The fourth-order valence-corrected chi connectivity index (χ4v) is 4.65. The third kappa shape index (κ3) is 4.33. The van der Waals surface area contributed by atoms with Crippen LogP contribution >= 0.6 is 0 Å². The Kier molecular flexibility index (Phi) is 5.51. The fraction of sp³-hybridized carbons (Fsp3) is 0.364. The molecule has 0 aliphatic carbocycles. The molecule has 8 heteroatoms. The summed E-state index contributed by atoms with van der Waals surface area (Å²) in [6.07, 6.45) is 3.73. The van der Waals surface area contributed by atoms with E-state index in [4.69, 9.17) is 4.18 Å². The number of hydrogen-bond donors (Lipinski definition) is 0. The molecule has 0 aromatic heterocycles. The number of rotatable bonds is 4. The zero-order valence-corrected chi connectivity index (χ0v) is 17.6. The van der Waals surface area contributed by atoms with Crippen molar-refractivity contribution in [3.05, 3.63) is 59.7 Å². The normalized spacial score (nSPS) is 17.6. The summed E-state index contributed by atoms with van der Waals surface area (Å²) >= 11 is 0. The van der Waals surface area contributed by atoms with E-state index in [0.717, 1.165) is 31.2 Å². The fourth-order valence-electron chi connectivity index (χ4n) is 4.19. The Morgan fingerprint density at radius 3 is 2.33 bits per heavy atom. The standard InChI is InChI=1S/C22H24N2O5S/c1-30(27,28)29-19-9-6-17(7-10-19)22(26)23-14-12-18(13-15-23)24-20-5-3-2-4-16(20)8-11-21(24)25/h2-7,9-10,18H,8,11-15H2,1H3. The summed E-state index contributed by atoms with van der Waals surface area (Å²) < 4.78 is 27.2. The molecule has 0 bridgehead atoms. The van der Waals surface area contributed by atoms with Crippen molar-refractivity contribution < 1.29 is 22.2 Å². The van der Waals surface area contributed by atoms with Gasteiger partial charge in [0.05, 0.1) is 6.26 Å². The number of hydrogen-bond acceptors (Lipinski definition) is 5. The average Bonchev–Trinajstić information content (AvgIpc) is 2.73. The largest absolute Gasteiger partial charge is 0.383 e. The summed E-state index contributed by atoms with van der Waals surface area (Å²) in [7, 11) is -3.60. The van der Waals surface area contributed by atoms with Gasteiger partial charge in [0, 0.05) is 36.8 Å². The molecule has 30 heavy (non-hydrogen) atoms. The average molecular weight is 429 g/mol. The smallest absolute Gasteiger partial charge is 0.306 e. The molecule has 1 saturated heterocycles. The van der Waals surface area contributed by atoms with E-state index in [1.807, 2.05) is 23.1 Å². The highest BCUT2D eigenvalue weighted by molar-refractivity contribution is 7.86. The van der Waals surface area contributed by atoms with Crippen LogP contribution in [0.4, 0.5) is 5.69 Å². The zero-order chi connectivity index (χ0) is 21.3. The van der Waals surface area contributed by atoms with Gasteiger partial charge in [-0.05, 0) is 55.2 Å². The summed E-state index contributed by atoms with van der Waals surface area (Å²) in [5.41, 5.74) is 2.68. The van der Waals surface area contributed by atoms with Crippen LogP contribution in [0.15, 0.2) is 48.5 Å². The van der Waals surface area contributed by atoms with E-state index in [1.54, 1.807) is 17.0 Å². The van der Waals surface area contributed by atoms with Gasteiger partial charge in [-0.25, -0.2) is 0 Å². The van der Waals surface area contributed by atoms with Crippen LogP contribution in [0.25, 0.3) is 0 Å². The summed E-state index contributed by atoms with van der Waals surface area (Å²) in [4.78, 5) is 29.2. The van der Waals surface area contributed by atoms with E-state index in [2.05, 4.69) is 6.07 Å².